The third kappa shape index (κ3) is 7.79. The molecule has 3 aromatic rings. The van der Waals surface area contributed by atoms with Gasteiger partial charge in [0.1, 0.15) is 10.1 Å². The molecule has 0 saturated carbocycles. The number of carbonyl (C=O) groups is 3. The van der Waals surface area contributed by atoms with Gasteiger partial charge in [0.15, 0.2) is 4.34 Å². The number of fused-ring (bicyclic) bond motifs is 1. The van der Waals surface area contributed by atoms with E-state index in [0.29, 0.717) is 22.2 Å². The van der Waals surface area contributed by atoms with Crippen LogP contribution in [0, 0.1) is 0 Å². The largest absolute Gasteiger partial charge is 0.497 e. The van der Waals surface area contributed by atoms with E-state index in [0.717, 1.165) is 38.7 Å². The third-order valence-corrected chi connectivity index (χ3v) is 9.07. The maximum Gasteiger partial charge on any atom is 0.266 e. The van der Waals surface area contributed by atoms with Crippen molar-refractivity contribution in [2.45, 2.75) is 30.0 Å². The Bertz CT molecular complexity index is 1320. The van der Waals surface area contributed by atoms with Gasteiger partial charge in [-0.2, -0.15) is 0 Å². The van der Waals surface area contributed by atoms with E-state index < -0.39 is 0 Å². The third-order valence-electron chi connectivity index (χ3n) is 5.52. The Hall–Kier alpha value is -2.93. The van der Waals surface area contributed by atoms with Crippen LogP contribution in [0.4, 0.5) is 0 Å². The zero-order valence-electron chi connectivity index (χ0n) is 20.6. The van der Waals surface area contributed by atoms with Crippen LogP contribution < -0.4 is 15.6 Å². The number of carbonyl (C=O) groups excluding carboxylic acids is 3. The summed E-state index contributed by atoms with van der Waals surface area (Å²) in [7, 11) is 1.61. The molecule has 0 bridgehead atoms. The fraction of sp³-hybridized carbons (Fsp3) is 0.269. The summed E-state index contributed by atoms with van der Waals surface area (Å²) in [5, 5.41) is 0. The lowest BCUT2D eigenvalue weighted by Gasteiger charge is -2.14. The van der Waals surface area contributed by atoms with Crippen molar-refractivity contribution in [3.63, 3.8) is 0 Å². The lowest BCUT2D eigenvalue weighted by Crippen LogP contribution is -2.42. The number of hydrogen-bond donors (Lipinski definition) is 2. The molecule has 4 rings (SSSR count). The van der Waals surface area contributed by atoms with Crippen LogP contribution in [0.5, 0.6) is 5.75 Å². The number of nitrogens with zero attached hydrogens (tertiary/aromatic N) is 2. The highest BCUT2D eigenvalue weighted by atomic mass is 32.2. The van der Waals surface area contributed by atoms with Gasteiger partial charge in [-0.3, -0.25) is 30.1 Å². The molecule has 198 valence electrons. The van der Waals surface area contributed by atoms with Gasteiger partial charge in [0.25, 0.3) is 5.91 Å². The van der Waals surface area contributed by atoms with Gasteiger partial charge in [-0.1, -0.05) is 66.4 Å². The first-order valence-electron chi connectivity index (χ1n) is 11.9. The first-order chi connectivity index (χ1) is 18.4. The molecule has 2 heterocycles. The van der Waals surface area contributed by atoms with Crippen molar-refractivity contribution >= 4 is 85.4 Å². The zero-order valence-corrected chi connectivity index (χ0v) is 23.9. The van der Waals surface area contributed by atoms with Crippen LogP contribution in [0.25, 0.3) is 16.3 Å². The van der Waals surface area contributed by atoms with E-state index in [1.807, 2.05) is 54.6 Å². The summed E-state index contributed by atoms with van der Waals surface area (Å²) >= 11 is 9.56. The van der Waals surface area contributed by atoms with Crippen molar-refractivity contribution in [3.05, 3.63) is 59.0 Å². The molecule has 1 aliphatic heterocycles. The Kier molecular flexibility index (Phi) is 10.2. The average Bonchev–Trinajstić information content (AvgIpc) is 3.46. The van der Waals surface area contributed by atoms with Gasteiger partial charge < -0.3 is 4.74 Å². The fourth-order valence-corrected chi connectivity index (χ4v) is 6.73. The molecular weight excluding hydrogens is 561 g/mol. The van der Waals surface area contributed by atoms with Gasteiger partial charge in [0, 0.05) is 13.0 Å². The van der Waals surface area contributed by atoms with E-state index in [9.17, 15) is 14.4 Å². The number of nitrogens with one attached hydrogen (secondary N) is 2. The summed E-state index contributed by atoms with van der Waals surface area (Å²) in [6, 6.07) is 15.3. The SMILES string of the molecule is COc1ccc(C=C2SC(=S)N(CCCCCC(=O)NNC(=O)CSc3nc4ccccc4s3)C2=O)cc1. The quantitative estimate of drug-likeness (QED) is 0.106. The lowest BCUT2D eigenvalue weighted by molar-refractivity contribution is -0.127. The highest BCUT2D eigenvalue weighted by molar-refractivity contribution is 8.26. The van der Waals surface area contributed by atoms with Gasteiger partial charge >= 0.3 is 0 Å². The van der Waals surface area contributed by atoms with Crippen molar-refractivity contribution in [2.75, 3.05) is 19.4 Å². The van der Waals surface area contributed by atoms with Crippen LogP contribution in [0.15, 0.2) is 57.8 Å². The number of amides is 3. The molecule has 0 unspecified atom stereocenters. The van der Waals surface area contributed by atoms with E-state index in [1.165, 1.54) is 34.9 Å². The maximum atomic E-state index is 12.8. The Morgan fingerprint density at radius 2 is 1.84 bits per heavy atom. The Labute approximate surface area is 238 Å². The predicted octanol–water partition coefficient (Wildman–Crippen LogP) is 5.01. The summed E-state index contributed by atoms with van der Waals surface area (Å²) in [6.45, 7) is 0.506. The average molecular weight is 587 g/mol. The summed E-state index contributed by atoms with van der Waals surface area (Å²) in [5.74, 6) is 0.276. The molecule has 12 heteroatoms. The normalized spacial score (nSPS) is 14.3. The van der Waals surface area contributed by atoms with Gasteiger partial charge in [0.2, 0.25) is 11.8 Å². The zero-order chi connectivity index (χ0) is 26.9. The number of unbranched alkanes of at least 4 members (excludes halogenated alkanes) is 2. The van der Waals surface area contributed by atoms with Gasteiger partial charge in [-0.25, -0.2) is 4.98 Å². The molecule has 1 aromatic heterocycles. The van der Waals surface area contributed by atoms with E-state index in [2.05, 4.69) is 15.8 Å². The van der Waals surface area contributed by atoms with Crippen molar-refractivity contribution in [1.29, 1.82) is 0 Å². The molecule has 8 nitrogen and oxygen atoms in total. The predicted molar refractivity (Wildman–Crippen MR) is 158 cm³/mol. The molecule has 2 aromatic carbocycles. The molecule has 3 amide bonds. The molecular formula is C26H26N4O4S4. The highest BCUT2D eigenvalue weighted by Gasteiger charge is 2.31. The minimum absolute atomic E-state index is 0.0972. The van der Waals surface area contributed by atoms with E-state index >= 15 is 0 Å². The number of hydrogen-bond acceptors (Lipinski definition) is 9. The van der Waals surface area contributed by atoms with Crippen molar-refractivity contribution in [3.8, 4) is 5.75 Å². The number of para-hydroxylation sites is 1. The molecule has 0 aliphatic carbocycles. The number of ether oxygens (including phenoxy) is 1. The second kappa shape index (κ2) is 13.7. The van der Waals surface area contributed by atoms with Crippen molar-refractivity contribution < 1.29 is 19.1 Å². The smallest absolute Gasteiger partial charge is 0.266 e. The summed E-state index contributed by atoms with van der Waals surface area (Å²) in [5.41, 5.74) is 6.71. The van der Waals surface area contributed by atoms with Crippen LogP contribution in [-0.2, 0) is 14.4 Å². The van der Waals surface area contributed by atoms with Crippen LogP contribution >= 0.6 is 47.1 Å². The molecule has 0 atom stereocenters. The monoisotopic (exact) mass is 586 g/mol. The first-order valence-corrected chi connectivity index (χ1v) is 14.9. The molecule has 2 N–H and O–H groups in total. The van der Waals surface area contributed by atoms with E-state index in [-0.39, 0.29) is 29.9 Å². The molecule has 0 radical (unpaired) electrons. The van der Waals surface area contributed by atoms with Crippen molar-refractivity contribution in [1.82, 2.24) is 20.7 Å². The number of rotatable bonds is 11. The van der Waals surface area contributed by atoms with Crippen molar-refractivity contribution in [2.24, 2.45) is 0 Å². The number of thiocarbonyl (C=S) groups is 1. The number of thioether (sulfide) groups is 2. The number of thiazole rings is 1. The molecule has 1 aliphatic rings. The van der Waals surface area contributed by atoms with Gasteiger partial charge in [0.05, 0.1) is 28.0 Å². The number of hydrazine groups is 1. The Balaban J connectivity index is 1.10. The summed E-state index contributed by atoms with van der Waals surface area (Å²) in [4.78, 5) is 43.6. The Morgan fingerprint density at radius 1 is 1.08 bits per heavy atom. The van der Waals surface area contributed by atoms with Crippen LogP contribution in [0.2, 0.25) is 0 Å². The molecule has 38 heavy (non-hydrogen) atoms. The summed E-state index contributed by atoms with van der Waals surface area (Å²) < 4.78 is 7.59. The molecule has 0 spiro atoms. The van der Waals surface area contributed by atoms with Crippen LogP contribution in [0.3, 0.4) is 0 Å². The lowest BCUT2D eigenvalue weighted by atomic mass is 10.1. The number of methoxy groups -OCH3 is 1. The van der Waals surface area contributed by atoms with E-state index in [1.54, 1.807) is 12.0 Å². The minimum atomic E-state index is -0.292. The minimum Gasteiger partial charge on any atom is -0.497 e. The number of benzene rings is 2. The van der Waals surface area contributed by atoms with Crippen LogP contribution in [0.1, 0.15) is 31.2 Å². The fourth-order valence-electron chi connectivity index (χ4n) is 3.55. The van der Waals surface area contributed by atoms with Gasteiger partial charge in [-0.15, -0.1) is 11.3 Å². The maximum absolute atomic E-state index is 12.8. The second-order valence-corrected chi connectivity index (χ2v) is 12.2. The highest BCUT2D eigenvalue weighted by Crippen LogP contribution is 2.33. The van der Waals surface area contributed by atoms with E-state index in [4.69, 9.17) is 17.0 Å². The topological polar surface area (TPSA) is 101 Å². The molecule has 1 saturated heterocycles. The Morgan fingerprint density at radius 3 is 2.61 bits per heavy atom. The second-order valence-electron chi connectivity index (χ2n) is 8.25. The van der Waals surface area contributed by atoms with Crippen LogP contribution in [-0.4, -0.2) is 51.3 Å². The van der Waals surface area contributed by atoms with Gasteiger partial charge in [-0.05, 0) is 48.7 Å². The summed E-state index contributed by atoms with van der Waals surface area (Å²) in [6.07, 6.45) is 4.22. The number of aromatic nitrogens is 1. The first kappa shape index (κ1) is 28.1. The molecule has 1 fully saturated rings. The standard InChI is InChI=1S/C26H26N4O4S4/c1-34-18-12-10-17(11-13-18)15-21-24(33)30(26(35)38-21)14-6-2-3-9-22(31)28-29-23(32)16-36-25-27-19-7-4-5-8-20(19)37-25/h4-5,7-8,10-13,15H,2-3,6,9,14,16H2,1H3,(H,28,31)(H,29,32).